The molecule has 0 fully saturated rings. The number of para-hydroxylation sites is 1. The van der Waals surface area contributed by atoms with Crippen LogP contribution in [-0.2, 0) is 14.8 Å². The Balaban J connectivity index is 2.01. The third-order valence-corrected chi connectivity index (χ3v) is 8.26. The molecule has 0 radical (unpaired) electrons. The van der Waals surface area contributed by atoms with Gasteiger partial charge in [-0.2, -0.15) is 0 Å². The van der Waals surface area contributed by atoms with Crippen LogP contribution in [0.1, 0.15) is 15.9 Å². The smallest absolute Gasteiger partial charge is 0.338 e. The van der Waals surface area contributed by atoms with Crippen molar-refractivity contribution in [3.8, 4) is 11.1 Å². The first-order chi connectivity index (χ1) is 17.7. The second-order valence-corrected chi connectivity index (χ2v) is 10.6. The number of nitro groups is 1. The minimum atomic E-state index is -4.09. The minimum Gasteiger partial charge on any atom is -0.465 e. The third-order valence-electron chi connectivity index (χ3n) is 6.29. The molecule has 5 aromatic rings. The monoisotopic (exact) mass is 534 g/mol. The Kier molecular flexibility index (Phi) is 5.97. The second-order valence-electron chi connectivity index (χ2n) is 8.33. The van der Waals surface area contributed by atoms with E-state index in [1.54, 1.807) is 49.4 Å². The van der Waals surface area contributed by atoms with E-state index in [0.717, 1.165) is 0 Å². The molecule has 1 heterocycles. The lowest BCUT2D eigenvalue weighted by molar-refractivity contribution is -0.384. The molecule has 4 aromatic carbocycles. The molecule has 0 bridgehead atoms. The Morgan fingerprint density at radius 1 is 0.946 bits per heavy atom. The zero-order chi connectivity index (χ0) is 26.5. The summed E-state index contributed by atoms with van der Waals surface area (Å²) in [5, 5.41) is 13.2. The van der Waals surface area contributed by atoms with Crippen molar-refractivity contribution in [3.63, 3.8) is 0 Å². The van der Waals surface area contributed by atoms with Crippen molar-refractivity contribution >= 4 is 55.1 Å². The summed E-state index contributed by atoms with van der Waals surface area (Å²) in [6, 6.07) is 20.5. The molecule has 186 valence electrons. The maximum Gasteiger partial charge on any atom is 0.338 e. The number of carbonyl (C=O) groups excluding carboxylic acids is 1. The highest BCUT2D eigenvalue weighted by Crippen LogP contribution is 2.42. The van der Waals surface area contributed by atoms with Gasteiger partial charge in [0.15, 0.2) is 0 Å². The fourth-order valence-electron chi connectivity index (χ4n) is 4.71. The molecule has 0 aliphatic heterocycles. The van der Waals surface area contributed by atoms with E-state index in [1.165, 1.54) is 47.5 Å². The summed E-state index contributed by atoms with van der Waals surface area (Å²) in [4.78, 5) is 24.4. The van der Waals surface area contributed by atoms with Crippen LogP contribution < -0.4 is 0 Å². The van der Waals surface area contributed by atoms with Gasteiger partial charge in [0, 0.05) is 27.4 Å². The highest BCUT2D eigenvalue weighted by molar-refractivity contribution is 7.90. The van der Waals surface area contributed by atoms with Gasteiger partial charge in [-0.25, -0.2) is 17.2 Å². The highest BCUT2D eigenvalue weighted by atomic mass is 35.5. The number of carbonyl (C=O) groups is 1. The summed E-state index contributed by atoms with van der Waals surface area (Å²) in [7, 11) is -2.87. The van der Waals surface area contributed by atoms with Crippen LogP contribution in [-0.4, -0.2) is 30.4 Å². The van der Waals surface area contributed by atoms with Gasteiger partial charge in [-0.3, -0.25) is 10.1 Å². The first-order valence-corrected chi connectivity index (χ1v) is 12.9. The Morgan fingerprint density at radius 2 is 1.62 bits per heavy atom. The van der Waals surface area contributed by atoms with Gasteiger partial charge in [0.25, 0.3) is 15.7 Å². The molecule has 0 atom stereocenters. The van der Waals surface area contributed by atoms with Crippen molar-refractivity contribution in [1.82, 2.24) is 3.97 Å². The van der Waals surface area contributed by atoms with E-state index in [9.17, 15) is 23.3 Å². The number of ether oxygens (including phenoxy) is 1. The van der Waals surface area contributed by atoms with E-state index in [-0.39, 0.29) is 37.8 Å². The molecule has 0 saturated heterocycles. The quantitative estimate of drug-likeness (QED) is 0.147. The molecule has 0 spiro atoms. The number of nitro benzene ring substituents is 1. The molecule has 37 heavy (non-hydrogen) atoms. The first-order valence-electron chi connectivity index (χ1n) is 11.1. The molecule has 0 saturated carbocycles. The molecule has 8 nitrogen and oxygen atoms in total. The number of fused-ring (bicyclic) bond motifs is 3. The fraction of sp³-hybridized carbons (Fsp3) is 0.0741. The molecule has 1 aromatic heterocycles. The van der Waals surface area contributed by atoms with Crippen LogP contribution in [0.3, 0.4) is 0 Å². The number of benzene rings is 4. The number of methoxy groups -OCH3 is 1. The Morgan fingerprint density at radius 3 is 2.30 bits per heavy atom. The molecule has 0 amide bonds. The van der Waals surface area contributed by atoms with Crippen molar-refractivity contribution in [1.29, 1.82) is 0 Å². The molecular formula is C27H19ClN2O6S. The topological polar surface area (TPSA) is 109 Å². The molecule has 10 heteroatoms. The van der Waals surface area contributed by atoms with Crippen LogP contribution in [0.5, 0.6) is 0 Å². The summed E-state index contributed by atoms with van der Waals surface area (Å²) in [5.74, 6) is -0.707. The molecule has 0 aliphatic rings. The standard InChI is InChI=1S/C27H19ClN2O6S/c1-16-25-20-10-6-7-11-22(20)29(37(34,35)18-8-4-3-5-9-18)24(25)15-21(26(16)27(31)36-2)19-13-12-17(28)14-23(19)30(32)33/h3-15H,1-2H3. The normalized spacial score (nSPS) is 11.6. The molecule has 0 aliphatic carbocycles. The zero-order valence-electron chi connectivity index (χ0n) is 19.6. The highest BCUT2D eigenvalue weighted by Gasteiger charge is 2.30. The number of aromatic nitrogens is 1. The summed E-state index contributed by atoms with van der Waals surface area (Å²) in [6.45, 7) is 1.67. The van der Waals surface area contributed by atoms with Gasteiger partial charge in [0.05, 0.1) is 39.1 Å². The number of halogens is 1. The van der Waals surface area contributed by atoms with Gasteiger partial charge in [-0.15, -0.1) is 0 Å². The minimum absolute atomic E-state index is 0.0753. The maximum absolute atomic E-state index is 13.9. The molecule has 5 rings (SSSR count). The lowest BCUT2D eigenvalue weighted by Crippen LogP contribution is -2.13. The van der Waals surface area contributed by atoms with Gasteiger partial charge >= 0.3 is 5.97 Å². The predicted octanol–water partition coefficient (Wildman–Crippen LogP) is 6.36. The first kappa shape index (κ1) is 24.5. The average molecular weight is 535 g/mol. The SMILES string of the molecule is COC(=O)c1c(-c2ccc(Cl)cc2[N+](=O)[O-])cc2c(c1C)c1ccccc1n2S(=O)(=O)c1ccccc1. The molecule has 0 unspecified atom stereocenters. The van der Waals surface area contributed by atoms with Crippen molar-refractivity contribution in [3.05, 3.63) is 105 Å². The van der Waals surface area contributed by atoms with E-state index in [1.807, 2.05) is 0 Å². The van der Waals surface area contributed by atoms with Crippen LogP contribution in [0.25, 0.3) is 32.9 Å². The van der Waals surface area contributed by atoms with E-state index >= 15 is 0 Å². The molecule has 0 N–H and O–H groups in total. The number of nitrogens with zero attached hydrogens (tertiary/aromatic N) is 2. The fourth-order valence-corrected chi connectivity index (χ4v) is 6.41. The van der Waals surface area contributed by atoms with E-state index < -0.39 is 20.9 Å². The van der Waals surface area contributed by atoms with Crippen molar-refractivity contribution in [2.45, 2.75) is 11.8 Å². The van der Waals surface area contributed by atoms with Crippen LogP contribution in [0.2, 0.25) is 5.02 Å². The number of rotatable bonds is 5. The van der Waals surface area contributed by atoms with Crippen LogP contribution in [0.4, 0.5) is 5.69 Å². The third kappa shape index (κ3) is 3.83. The average Bonchev–Trinajstić information content (AvgIpc) is 3.24. The van der Waals surface area contributed by atoms with E-state index in [4.69, 9.17) is 16.3 Å². The number of aryl methyl sites for hydroxylation is 1. The zero-order valence-corrected chi connectivity index (χ0v) is 21.2. The summed E-state index contributed by atoms with van der Waals surface area (Å²) >= 11 is 6.03. The van der Waals surface area contributed by atoms with Gasteiger partial charge in [-0.05, 0) is 48.9 Å². The van der Waals surface area contributed by atoms with Gasteiger partial charge in [0.2, 0.25) is 0 Å². The lowest BCUT2D eigenvalue weighted by atomic mass is 9.91. The molecular weight excluding hydrogens is 516 g/mol. The van der Waals surface area contributed by atoms with Crippen LogP contribution >= 0.6 is 11.6 Å². The van der Waals surface area contributed by atoms with Crippen molar-refractivity contribution in [2.75, 3.05) is 7.11 Å². The summed E-state index contributed by atoms with van der Waals surface area (Å²) in [6.07, 6.45) is 0. The van der Waals surface area contributed by atoms with Crippen molar-refractivity contribution in [2.24, 2.45) is 0 Å². The van der Waals surface area contributed by atoms with Crippen molar-refractivity contribution < 1.29 is 22.9 Å². The number of hydrogen-bond donors (Lipinski definition) is 0. The Bertz CT molecular complexity index is 1850. The van der Waals surface area contributed by atoms with E-state index in [2.05, 4.69) is 0 Å². The Hall–Kier alpha value is -4.21. The van der Waals surface area contributed by atoms with Gasteiger partial charge < -0.3 is 4.74 Å². The summed E-state index contributed by atoms with van der Waals surface area (Å²) in [5.41, 5.74) is 1.14. The lowest BCUT2D eigenvalue weighted by Gasteiger charge is -2.15. The van der Waals surface area contributed by atoms with Gasteiger partial charge in [0.1, 0.15) is 0 Å². The maximum atomic E-state index is 13.9. The van der Waals surface area contributed by atoms with Crippen LogP contribution in [0, 0.1) is 17.0 Å². The van der Waals surface area contributed by atoms with Crippen LogP contribution in [0.15, 0.2) is 83.8 Å². The summed E-state index contributed by atoms with van der Waals surface area (Å²) < 4.78 is 34.1. The Labute approximate surface area is 216 Å². The number of esters is 1. The second kappa shape index (κ2) is 9.02. The largest absolute Gasteiger partial charge is 0.465 e. The number of hydrogen-bond acceptors (Lipinski definition) is 6. The van der Waals surface area contributed by atoms with E-state index in [0.29, 0.717) is 21.9 Å². The predicted molar refractivity (Wildman–Crippen MR) is 142 cm³/mol. The van der Waals surface area contributed by atoms with Gasteiger partial charge in [-0.1, -0.05) is 48.0 Å².